The molecule has 1 aliphatic rings. The number of benzene rings is 1. The lowest BCUT2D eigenvalue weighted by Crippen LogP contribution is -2.02. The Labute approximate surface area is 110 Å². The quantitative estimate of drug-likeness (QED) is 0.731. The van der Waals surface area contributed by atoms with E-state index in [1.807, 2.05) is 6.07 Å². The molecule has 1 aromatic carbocycles. The Hall–Kier alpha value is -1.44. The summed E-state index contributed by atoms with van der Waals surface area (Å²) in [7, 11) is 3.36. The van der Waals surface area contributed by atoms with Gasteiger partial charge in [0.2, 0.25) is 0 Å². The van der Waals surface area contributed by atoms with E-state index in [-0.39, 0.29) is 0 Å². The molecule has 2 heteroatoms. The van der Waals surface area contributed by atoms with Crippen LogP contribution in [0.25, 0.3) is 0 Å². The number of ether oxygens (including phenoxy) is 2. The highest BCUT2D eigenvalue weighted by Gasteiger charge is 2.10. The van der Waals surface area contributed by atoms with E-state index in [1.165, 1.54) is 31.2 Å². The molecule has 0 spiro atoms. The lowest BCUT2D eigenvalue weighted by Gasteiger charge is -2.16. The van der Waals surface area contributed by atoms with E-state index >= 15 is 0 Å². The fourth-order valence-corrected chi connectivity index (χ4v) is 2.51. The van der Waals surface area contributed by atoms with Crippen LogP contribution in [0.4, 0.5) is 0 Å². The van der Waals surface area contributed by atoms with Crippen molar-refractivity contribution < 1.29 is 9.47 Å². The summed E-state index contributed by atoms with van der Waals surface area (Å²) in [5.41, 5.74) is 1.33. The summed E-state index contributed by atoms with van der Waals surface area (Å²) in [5, 5.41) is 0. The zero-order valence-corrected chi connectivity index (χ0v) is 11.3. The molecule has 0 heterocycles. The Morgan fingerprint density at radius 1 is 1.17 bits per heavy atom. The summed E-state index contributed by atoms with van der Waals surface area (Å²) >= 11 is 0. The van der Waals surface area contributed by atoms with Gasteiger partial charge in [-0.05, 0) is 55.7 Å². The molecule has 0 amide bonds. The maximum Gasteiger partial charge on any atom is 0.160 e. The van der Waals surface area contributed by atoms with Crippen LogP contribution in [-0.4, -0.2) is 14.2 Å². The molecular weight excluding hydrogens is 224 g/mol. The van der Waals surface area contributed by atoms with Gasteiger partial charge in [0, 0.05) is 0 Å². The van der Waals surface area contributed by atoms with Gasteiger partial charge in [-0.15, -0.1) is 0 Å². The Morgan fingerprint density at radius 3 is 2.67 bits per heavy atom. The zero-order valence-electron chi connectivity index (χ0n) is 11.3. The van der Waals surface area contributed by atoms with Crippen molar-refractivity contribution in [2.24, 2.45) is 5.92 Å². The maximum atomic E-state index is 5.33. The predicted molar refractivity (Wildman–Crippen MR) is 74.3 cm³/mol. The van der Waals surface area contributed by atoms with Crippen LogP contribution in [0.3, 0.4) is 0 Å². The zero-order chi connectivity index (χ0) is 12.8. The van der Waals surface area contributed by atoms with Crippen LogP contribution in [0.2, 0.25) is 0 Å². The summed E-state index contributed by atoms with van der Waals surface area (Å²) < 4.78 is 10.6. The molecule has 0 N–H and O–H groups in total. The summed E-state index contributed by atoms with van der Waals surface area (Å²) in [6.45, 7) is 0. The standard InChI is InChI=1S/C16H22O2/c1-17-15-11-10-14(12-16(15)18-2)9-8-13-6-4-3-5-7-13/h4,6,10-13H,3,5,7-9H2,1-2H3. The minimum atomic E-state index is 0.756. The van der Waals surface area contributed by atoms with Crippen LogP contribution in [0.15, 0.2) is 30.4 Å². The Bertz CT molecular complexity index is 410. The number of methoxy groups -OCH3 is 2. The first-order valence-corrected chi connectivity index (χ1v) is 6.71. The summed E-state index contributed by atoms with van der Waals surface area (Å²) in [5.74, 6) is 2.39. The number of allylic oxidation sites excluding steroid dienone is 2. The summed E-state index contributed by atoms with van der Waals surface area (Å²) in [6, 6.07) is 6.21. The minimum Gasteiger partial charge on any atom is -0.493 e. The monoisotopic (exact) mass is 246 g/mol. The van der Waals surface area contributed by atoms with Crippen LogP contribution < -0.4 is 9.47 Å². The van der Waals surface area contributed by atoms with Gasteiger partial charge in [-0.1, -0.05) is 18.2 Å². The summed E-state index contributed by atoms with van der Waals surface area (Å²) in [6.07, 6.45) is 11.0. The minimum absolute atomic E-state index is 0.756. The molecule has 1 atom stereocenters. The maximum absolute atomic E-state index is 5.33. The molecule has 0 aliphatic heterocycles. The van der Waals surface area contributed by atoms with Crippen LogP contribution in [-0.2, 0) is 6.42 Å². The van der Waals surface area contributed by atoms with E-state index in [0.717, 1.165) is 23.8 Å². The van der Waals surface area contributed by atoms with Gasteiger partial charge in [0.25, 0.3) is 0 Å². The van der Waals surface area contributed by atoms with Crippen LogP contribution in [0, 0.1) is 5.92 Å². The van der Waals surface area contributed by atoms with Crippen molar-refractivity contribution in [2.45, 2.75) is 32.1 Å². The van der Waals surface area contributed by atoms with E-state index in [1.54, 1.807) is 14.2 Å². The average Bonchev–Trinajstić information content (AvgIpc) is 2.45. The van der Waals surface area contributed by atoms with Crippen molar-refractivity contribution in [3.63, 3.8) is 0 Å². The topological polar surface area (TPSA) is 18.5 Å². The molecule has 0 fully saturated rings. The van der Waals surface area contributed by atoms with Crippen molar-refractivity contribution >= 4 is 0 Å². The molecule has 0 saturated carbocycles. The van der Waals surface area contributed by atoms with Crippen molar-refractivity contribution in [1.29, 1.82) is 0 Å². The van der Waals surface area contributed by atoms with Crippen molar-refractivity contribution in [1.82, 2.24) is 0 Å². The first kappa shape index (κ1) is 13.0. The van der Waals surface area contributed by atoms with Gasteiger partial charge in [-0.25, -0.2) is 0 Å². The molecule has 0 bridgehead atoms. The molecule has 1 aliphatic carbocycles. The van der Waals surface area contributed by atoms with Crippen LogP contribution >= 0.6 is 0 Å². The third kappa shape index (κ3) is 3.28. The number of hydrogen-bond donors (Lipinski definition) is 0. The Morgan fingerprint density at radius 2 is 2.00 bits per heavy atom. The average molecular weight is 246 g/mol. The second-order valence-electron chi connectivity index (χ2n) is 4.85. The van der Waals surface area contributed by atoms with Crippen molar-refractivity contribution in [3.05, 3.63) is 35.9 Å². The molecule has 2 nitrogen and oxygen atoms in total. The highest BCUT2D eigenvalue weighted by molar-refractivity contribution is 5.42. The predicted octanol–water partition coefficient (Wildman–Crippen LogP) is 3.99. The molecule has 98 valence electrons. The van der Waals surface area contributed by atoms with Crippen molar-refractivity contribution in [3.8, 4) is 11.5 Å². The van der Waals surface area contributed by atoms with Gasteiger partial charge in [0.1, 0.15) is 0 Å². The fourth-order valence-electron chi connectivity index (χ4n) is 2.51. The normalized spacial score (nSPS) is 18.7. The summed E-state index contributed by atoms with van der Waals surface area (Å²) in [4.78, 5) is 0. The SMILES string of the molecule is COc1ccc(CCC2C=CCCC2)cc1OC. The van der Waals surface area contributed by atoms with Gasteiger partial charge in [0.15, 0.2) is 11.5 Å². The first-order valence-electron chi connectivity index (χ1n) is 6.71. The Balaban J connectivity index is 1.96. The van der Waals surface area contributed by atoms with Crippen LogP contribution in [0.1, 0.15) is 31.2 Å². The molecular formula is C16H22O2. The molecule has 1 unspecified atom stereocenters. The molecule has 0 aromatic heterocycles. The number of aryl methyl sites for hydroxylation is 1. The highest BCUT2D eigenvalue weighted by Crippen LogP contribution is 2.29. The highest BCUT2D eigenvalue weighted by atomic mass is 16.5. The van der Waals surface area contributed by atoms with Gasteiger partial charge in [0.05, 0.1) is 14.2 Å². The van der Waals surface area contributed by atoms with E-state index in [2.05, 4.69) is 24.3 Å². The molecule has 18 heavy (non-hydrogen) atoms. The lowest BCUT2D eigenvalue weighted by atomic mass is 9.90. The Kier molecular flexibility index (Phi) is 4.68. The van der Waals surface area contributed by atoms with E-state index in [0.29, 0.717) is 0 Å². The van der Waals surface area contributed by atoms with E-state index in [4.69, 9.17) is 9.47 Å². The van der Waals surface area contributed by atoms with Gasteiger partial charge >= 0.3 is 0 Å². The van der Waals surface area contributed by atoms with E-state index in [9.17, 15) is 0 Å². The van der Waals surface area contributed by atoms with Gasteiger partial charge in [-0.3, -0.25) is 0 Å². The lowest BCUT2D eigenvalue weighted by molar-refractivity contribution is 0.354. The first-order chi connectivity index (χ1) is 8.83. The molecule has 0 radical (unpaired) electrons. The second-order valence-corrected chi connectivity index (χ2v) is 4.85. The van der Waals surface area contributed by atoms with Crippen molar-refractivity contribution in [2.75, 3.05) is 14.2 Å². The third-order valence-electron chi connectivity index (χ3n) is 3.61. The van der Waals surface area contributed by atoms with Gasteiger partial charge in [-0.2, -0.15) is 0 Å². The second kappa shape index (κ2) is 6.48. The van der Waals surface area contributed by atoms with Gasteiger partial charge < -0.3 is 9.47 Å². The fraction of sp³-hybridized carbons (Fsp3) is 0.500. The van der Waals surface area contributed by atoms with Crippen LogP contribution in [0.5, 0.6) is 11.5 Å². The molecule has 1 aromatic rings. The number of hydrogen-bond acceptors (Lipinski definition) is 2. The molecule has 0 saturated heterocycles. The number of rotatable bonds is 5. The molecule has 2 rings (SSSR count). The smallest absolute Gasteiger partial charge is 0.160 e. The van der Waals surface area contributed by atoms with E-state index < -0.39 is 0 Å². The largest absolute Gasteiger partial charge is 0.493 e. The third-order valence-corrected chi connectivity index (χ3v) is 3.61.